The second-order valence-corrected chi connectivity index (χ2v) is 9.27. The summed E-state index contributed by atoms with van der Waals surface area (Å²) in [6.45, 7) is 0.0539. The summed E-state index contributed by atoms with van der Waals surface area (Å²) in [5.74, 6) is -2.27. The van der Waals surface area contributed by atoms with Crippen molar-refractivity contribution in [2.24, 2.45) is 5.92 Å². The Morgan fingerprint density at radius 3 is 2.38 bits per heavy atom. The lowest BCUT2D eigenvalue weighted by molar-refractivity contribution is -0.145. The van der Waals surface area contributed by atoms with E-state index in [2.05, 4.69) is 25.9 Å². The van der Waals surface area contributed by atoms with E-state index in [9.17, 15) is 27.6 Å². The number of benzene rings is 1. The number of nitrogens with one attached hydrogen (secondary N) is 3. The lowest BCUT2D eigenvalue weighted by Crippen LogP contribution is -2.50. The highest BCUT2D eigenvalue weighted by Crippen LogP contribution is 2.28. The summed E-state index contributed by atoms with van der Waals surface area (Å²) < 4.78 is 44.1. The van der Waals surface area contributed by atoms with Crippen molar-refractivity contribution in [3.05, 3.63) is 71.5 Å². The van der Waals surface area contributed by atoms with Crippen LogP contribution in [-0.4, -0.2) is 40.8 Å². The third-order valence-electron chi connectivity index (χ3n) is 6.60. The van der Waals surface area contributed by atoms with Crippen LogP contribution in [0.2, 0.25) is 0 Å². The fourth-order valence-electron chi connectivity index (χ4n) is 4.53. The van der Waals surface area contributed by atoms with Gasteiger partial charge in [0.15, 0.2) is 5.76 Å². The summed E-state index contributed by atoms with van der Waals surface area (Å²) in [5.41, 5.74) is 0.963. The Bertz CT molecular complexity index is 1320. The van der Waals surface area contributed by atoms with Crippen LogP contribution in [0.5, 0.6) is 0 Å². The highest BCUT2D eigenvalue weighted by Gasteiger charge is 2.35. The number of nitrogens with zero attached hydrogens (tertiary/aromatic N) is 2. The van der Waals surface area contributed by atoms with E-state index >= 15 is 0 Å². The Morgan fingerprint density at radius 1 is 1.00 bits per heavy atom. The van der Waals surface area contributed by atoms with Gasteiger partial charge in [0.05, 0.1) is 0 Å². The summed E-state index contributed by atoms with van der Waals surface area (Å²) in [7, 11) is 1.55. The monoisotopic (exact) mass is 543 g/mol. The number of hydrogen-bond donors (Lipinski definition) is 3. The molecule has 2 heterocycles. The summed E-state index contributed by atoms with van der Waals surface area (Å²) in [4.78, 5) is 44.0. The van der Waals surface area contributed by atoms with Gasteiger partial charge >= 0.3 is 6.18 Å². The molecule has 0 radical (unpaired) electrons. The largest absolute Gasteiger partial charge is 0.451 e. The van der Waals surface area contributed by atoms with Crippen molar-refractivity contribution in [1.82, 2.24) is 25.9 Å². The summed E-state index contributed by atoms with van der Waals surface area (Å²) in [6, 6.07) is 10.5. The number of hydrogen-bond acceptors (Lipinski definition) is 6. The number of carbonyl (C=O) groups excluding carboxylic acids is 3. The van der Waals surface area contributed by atoms with Gasteiger partial charge in [0.2, 0.25) is 11.7 Å². The van der Waals surface area contributed by atoms with Crippen LogP contribution in [0.3, 0.4) is 0 Å². The van der Waals surface area contributed by atoms with Crippen LogP contribution in [0.25, 0.3) is 11.3 Å². The van der Waals surface area contributed by atoms with E-state index in [1.807, 2.05) is 0 Å². The van der Waals surface area contributed by atoms with Gasteiger partial charge < -0.3 is 20.4 Å². The van der Waals surface area contributed by atoms with Gasteiger partial charge in [-0.2, -0.15) is 13.2 Å². The number of halogens is 3. The van der Waals surface area contributed by atoms with E-state index < -0.39 is 35.6 Å². The van der Waals surface area contributed by atoms with Crippen molar-refractivity contribution >= 4 is 17.7 Å². The molecule has 3 aromatic rings. The van der Waals surface area contributed by atoms with Crippen molar-refractivity contribution in [1.29, 1.82) is 0 Å². The number of likely N-dealkylation sites (N-methyl/N-ethyl adjacent to an activating group) is 1. The molecule has 1 saturated carbocycles. The van der Waals surface area contributed by atoms with E-state index in [1.165, 1.54) is 6.07 Å². The standard InChI is InChI=1S/C27H28F3N5O4/c1-31-25(38)22(18-5-3-2-4-6-18)35-24(37)21-12-11-20(39-21)17-9-7-16(8-10-17)15-33-23(36)19-13-14-32-26(34-19)27(28,29)30/h7-14,18,22H,2-6,15H2,1H3,(H,31,38)(H,33,36)(H,35,37). The lowest BCUT2D eigenvalue weighted by atomic mass is 9.83. The fraction of sp³-hybridized carbons (Fsp3) is 0.370. The number of alkyl halides is 3. The molecule has 1 atom stereocenters. The van der Waals surface area contributed by atoms with Gasteiger partial charge in [-0.3, -0.25) is 14.4 Å². The first kappa shape index (κ1) is 27.8. The molecule has 1 aliphatic carbocycles. The number of furan rings is 1. The summed E-state index contributed by atoms with van der Waals surface area (Å²) in [5, 5.41) is 7.98. The number of aromatic nitrogens is 2. The maximum absolute atomic E-state index is 12.9. The Morgan fingerprint density at radius 2 is 1.72 bits per heavy atom. The number of rotatable bonds is 8. The first-order valence-corrected chi connectivity index (χ1v) is 12.6. The van der Waals surface area contributed by atoms with E-state index in [-0.39, 0.29) is 24.1 Å². The molecule has 9 nitrogen and oxygen atoms in total. The molecule has 1 unspecified atom stereocenters. The average molecular weight is 544 g/mol. The third-order valence-corrected chi connectivity index (χ3v) is 6.60. The first-order chi connectivity index (χ1) is 18.7. The van der Waals surface area contributed by atoms with Crippen molar-refractivity contribution in [2.45, 2.75) is 50.9 Å². The normalized spacial score (nSPS) is 14.9. The highest BCUT2D eigenvalue weighted by atomic mass is 19.4. The van der Waals surface area contributed by atoms with Gasteiger partial charge in [0.1, 0.15) is 17.5 Å². The van der Waals surface area contributed by atoms with Crippen LogP contribution in [0.4, 0.5) is 13.2 Å². The maximum atomic E-state index is 12.9. The van der Waals surface area contributed by atoms with Crippen LogP contribution in [0.15, 0.2) is 53.1 Å². The third kappa shape index (κ3) is 7.01. The predicted molar refractivity (Wildman–Crippen MR) is 134 cm³/mol. The molecule has 12 heteroatoms. The molecule has 0 spiro atoms. The molecular weight excluding hydrogens is 515 g/mol. The van der Waals surface area contributed by atoms with E-state index in [4.69, 9.17) is 4.42 Å². The molecule has 0 bridgehead atoms. The molecule has 2 aromatic heterocycles. The second kappa shape index (κ2) is 12.1. The van der Waals surface area contributed by atoms with Gasteiger partial charge in [-0.25, -0.2) is 9.97 Å². The minimum Gasteiger partial charge on any atom is -0.451 e. The van der Waals surface area contributed by atoms with Crippen molar-refractivity contribution in [2.75, 3.05) is 7.05 Å². The van der Waals surface area contributed by atoms with Crippen LogP contribution < -0.4 is 16.0 Å². The highest BCUT2D eigenvalue weighted by molar-refractivity contribution is 5.96. The van der Waals surface area contributed by atoms with Crippen LogP contribution >= 0.6 is 0 Å². The molecule has 39 heavy (non-hydrogen) atoms. The number of amides is 3. The van der Waals surface area contributed by atoms with Crippen LogP contribution in [0, 0.1) is 5.92 Å². The topological polar surface area (TPSA) is 126 Å². The second-order valence-electron chi connectivity index (χ2n) is 9.27. The molecule has 1 aliphatic rings. The van der Waals surface area contributed by atoms with E-state index in [0.29, 0.717) is 16.9 Å². The SMILES string of the molecule is CNC(=O)C(NC(=O)c1ccc(-c2ccc(CNC(=O)c3ccnc(C(F)(F)F)n3)cc2)o1)C1CCCCC1. The molecular formula is C27H28F3N5O4. The molecule has 4 rings (SSSR count). The molecule has 206 valence electrons. The Kier molecular flexibility index (Phi) is 8.62. The van der Waals surface area contributed by atoms with Crippen LogP contribution in [0.1, 0.15) is 64.5 Å². The van der Waals surface area contributed by atoms with Crippen molar-refractivity contribution in [3.63, 3.8) is 0 Å². The molecule has 3 amide bonds. The summed E-state index contributed by atoms with van der Waals surface area (Å²) in [6.07, 6.45) is 1.06. The van der Waals surface area contributed by atoms with E-state index in [0.717, 1.165) is 44.4 Å². The molecule has 1 fully saturated rings. The van der Waals surface area contributed by atoms with Gasteiger partial charge in [-0.1, -0.05) is 43.5 Å². The Hall–Kier alpha value is -4.22. The molecule has 1 aromatic carbocycles. The smallest absolute Gasteiger partial charge is 0.451 e. The zero-order valence-electron chi connectivity index (χ0n) is 21.2. The van der Waals surface area contributed by atoms with Crippen molar-refractivity contribution in [3.8, 4) is 11.3 Å². The average Bonchev–Trinajstić information content (AvgIpc) is 3.45. The lowest BCUT2D eigenvalue weighted by Gasteiger charge is -2.29. The Labute approximate surface area is 222 Å². The van der Waals surface area contributed by atoms with Gasteiger partial charge in [0.25, 0.3) is 11.8 Å². The zero-order chi connectivity index (χ0) is 28.0. The Balaban J connectivity index is 1.36. The van der Waals surface area contributed by atoms with Gasteiger partial charge in [0, 0.05) is 25.4 Å². The zero-order valence-corrected chi connectivity index (χ0v) is 21.2. The minimum absolute atomic E-state index is 0.0539. The maximum Gasteiger partial charge on any atom is 0.451 e. The van der Waals surface area contributed by atoms with Gasteiger partial charge in [-0.05, 0) is 42.5 Å². The first-order valence-electron chi connectivity index (χ1n) is 12.6. The summed E-state index contributed by atoms with van der Waals surface area (Å²) >= 11 is 0. The molecule has 0 saturated heterocycles. The minimum atomic E-state index is -4.75. The quantitative estimate of drug-likeness (QED) is 0.393. The fourth-order valence-corrected chi connectivity index (χ4v) is 4.53. The van der Waals surface area contributed by atoms with E-state index in [1.54, 1.807) is 37.4 Å². The molecule has 3 N–H and O–H groups in total. The van der Waals surface area contributed by atoms with Crippen LogP contribution in [-0.2, 0) is 17.5 Å². The van der Waals surface area contributed by atoms with Crippen molar-refractivity contribution < 1.29 is 32.0 Å². The molecule has 0 aliphatic heterocycles. The predicted octanol–water partition coefficient (Wildman–Crippen LogP) is 4.11. The number of carbonyl (C=O) groups is 3. The van der Waals surface area contributed by atoms with Gasteiger partial charge in [-0.15, -0.1) is 0 Å².